The minimum Gasteiger partial charge on any atom is -0.507 e. The fourth-order valence-electron chi connectivity index (χ4n) is 5.15. The van der Waals surface area contributed by atoms with E-state index in [1.165, 1.54) is 0 Å². The number of nitrogens with zero attached hydrogens (tertiary/aromatic N) is 2. The number of Topliss-reactive ketones (excluding diaryl/α,β-unsaturated/α-hetero) is 1. The number of amides is 1. The van der Waals surface area contributed by atoms with Gasteiger partial charge in [0.15, 0.2) is 0 Å². The molecule has 2 saturated heterocycles. The van der Waals surface area contributed by atoms with E-state index in [1.807, 2.05) is 38.1 Å². The van der Waals surface area contributed by atoms with Crippen LogP contribution in [0.25, 0.3) is 5.76 Å². The highest BCUT2D eigenvalue weighted by Crippen LogP contribution is 2.40. The molecule has 8 nitrogen and oxygen atoms in total. The van der Waals surface area contributed by atoms with Gasteiger partial charge in [-0.25, -0.2) is 0 Å². The van der Waals surface area contributed by atoms with E-state index in [2.05, 4.69) is 11.8 Å². The first-order valence-electron chi connectivity index (χ1n) is 14.5. The predicted molar refractivity (Wildman–Crippen MR) is 155 cm³/mol. The summed E-state index contributed by atoms with van der Waals surface area (Å²) in [5, 5.41) is 11.5. The van der Waals surface area contributed by atoms with Crippen molar-refractivity contribution in [1.82, 2.24) is 9.80 Å². The molecule has 8 heteroatoms. The van der Waals surface area contributed by atoms with Crippen molar-refractivity contribution in [2.24, 2.45) is 0 Å². The Bertz CT molecular complexity index is 1190. The van der Waals surface area contributed by atoms with Crippen molar-refractivity contribution in [3.63, 3.8) is 0 Å². The summed E-state index contributed by atoms with van der Waals surface area (Å²) in [5.74, 6) is 0.0434. The molecule has 2 fully saturated rings. The molecule has 2 aliphatic rings. The number of aliphatic hydroxyl groups is 1. The average Bonchev–Trinajstić information content (AvgIpc) is 3.22. The molecule has 2 heterocycles. The molecule has 2 aliphatic heterocycles. The molecule has 1 amide bonds. The number of likely N-dealkylation sites (tertiary alicyclic amines) is 1. The Morgan fingerprint density at radius 3 is 2.38 bits per heavy atom. The van der Waals surface area contributed by atoms with E-state index >= 15 is 0 Å². The summed E-state index contributed by atoms with van der Waals surface area (Å²) in [6, 6.07) is 12.1. The number of unbranched alkanes of at least 4 members (excludes halogenated alkanes) is 1. The summed E-state index contributed by atoms with van der Waals surface area (Å²) in [7, 11) is 0. The lowest BCUT2D eigenvalue weighted by Gasteiger charge is -2.29. The van der Waals surface area contributed by atoms with E-state index in [0.717, 1.165) is 61.5 Å². The molecule has 1 atom stereocenters. The number of hydrogen-bond acceptors (Lipinski definition) is 7. The SMILES string of the molecule is CCCCOc1ccc(C2C(=C(O)c3ccc(OCCC)c(C)c3)C(=O)C(=O)N2CCCN2CCOCC2)cc1. The predicted octanol–water partition coefficient (Wildman–Crippen LogP) is 5.11. The van der Waals surface area contributed by atoms with Crippen LogP contribution in [0, 0.1) is 6.92 Å². The van der Waals surface area contributed by atoms with E-state index in [0.29, 0.717) is 45.0 Å². The number of ketones is 1. The topological polar surface area (TPSA) is 88.5 Å². The first-order chi connectivity index (χ1) is 19.4. The highest BCUT2D eigenvalue weighted by atomic mass is 16.5. The monoisotopic (exact) mass is 550 g/mol. The third-order valence-corrected chi connectivity index (χ3v) is 7.39. The first-order valence-corrected chi connectivity index (χ1v) is 14.5. The number of rotatable bonds is 13. The van der Waals surface area contributed by atoms with Crippen molar-refractivity contribution in [2.45, 2.75) is 52.5 Å². The molecule has 2 aromatic rings. The van der Waals surface area contributed by atoms with E-state index < -0.39 is 17.7 Å². The van der Waals surface area contributed by atoms with Gasteiger partial charge in [-0.1, -0.05) is 32.4 Å². The maximum absolute atomic E-state index is 13.4. The zero-order valence-electron chi connectivity index (χ0n) is 24.0. The second-order valence-electron chi connectivity index (χ2n) is 10.4. The third-order valence-electron chi connectivity index (χ3n) is 7.39. The molecule has 0 bridgehead atoms. The molecule has 0 aromatic heterocycles. The highest BCUT2D eigenvalue weighted by Gasteiger charge is 2.45. The van der Waals surface area contributed by atoms with Gasteiger partial charge in [0.25, 0.3) is 11.7 Å². The number of aryl methyl sites for hydroxylation is 1. The summed E-state index contributed by atoms with van der Waals surface area (Å²) in [6.45, 7) is 11.6. The van der Waals surface area contributed by atoms with E-state index in [-0.39, 0.29) is 11.3 Å². The Labute approximate surface area is 237 Å². The molecule has 0 spiro atoms. The Hall–Kier alpha value is -3.36. The lowest BCUT2D eigenvalue weighted by molar-refractivity contribution is -0.140. The lowest BCUT2D eigenvalue weighted by atomic mass is 9.94. The summed E-state index contributed by atoms with van der Waals surface area (Å²) < 4.78 is 17.0. The number of carbonyl (C=O) groups excluding carboxylic acids is 2. The van der Waals surface area contributed by atoms with E-state index in [1.54, 1.807) is 23.1 Å². The van der Waals surface area contributed by atoms with Gasteiger partial charge in [-0.15, -0.1) is 0 Å². The number of hydrogen-bond donors (Lipinski definition) is 1. The number of morpholine rings is 1. The van der Waals surface area contributed by atoms with Crippen LogP contribution in [0.4, 0.5) is 0 Å². The second kappa shape index (κ2) is 14.3. The van der Waals surface area contributed by atoms with Crippen LogP contribution >= 0.6 is 0 Å². The standard InChI is InChI=1S/C32H42N2O6/c1-4-6-19-39-26-11-8-24(9-12-26)29-28(30(35)25-10-13-27(23(3)22-25)40-18-5-2)31(36)32(37)34(29)15-7-14-33-16-20-38-21-17-33/h8-13,22,29,35H,4-7,14-21H2,1-3H3. The molecule has 4 rings (SSSR count). The van der Waals surface area contributed by atoms with Crippen LogP contribution < -0.4 is 9.47 Å². The molecule has 2 aromatic carbocycles. The number of aliphatic hydroxyl groups excluding tert-OH is 1. The van der Waals surface area contributed by atoms with Gasteiger partial charge in [0, 0.05) is 31.7 Å². The first kappa shape index (κ1) is 29.6. The zero-order chi connectivity index (χ0) is 28.5. The van der Waals surface area contributed by atoms with Gasteiger partial charge >= 0.3 is 0 Å². The van der Waals surface area contributed by atoms with Crippen molar-refractivity contribution >= 4 is 17.4 Å². The summed E-state index contributed by atoms with van der Waals surface area (Å²) in [6.07, 6.45) is 3.61. The average molecular weight is 551 g/mol. The molecule has 216 valence electrons. The molecule has 0 aliphatic carbocycles. The Morgan fingerprint density at radius 2 is 1.70 bits per heavy atom. The van der Waals surface area contributed by atoms with E-state index in [4.69, 9.17) is 14.2 Å². The summed E-state index contributed by atoms with van der Waals surface area (Å²) in [5.41, 5.74) is 2.20. The Kier molecular flexibility index (Phi) is 10.6. The normalized spacial score (nSPS) is 19.3. The maximum atomic E-state index is 13.4. The van der Waals surface area contributed by atoms with Gasteiger partial charge in [0.1, 0.15) is 17.3 Å². The number of benzene rings is 2. The lowest BCUT2D eigenvalue weighted by Crippen LogP contribution is -2.38. The molecular formula is C32H42N2O6. The molecule has 1 N–H and O–H groups in total. The van der Waals surface area contributed by atoms with Gasteiger partial charge in [0.2, 0.25) is 0 Å². The zero-order valence-corrected chi connectivity index (χ0v) is 24.0. The van der Waals surface area contributed by atoms with Crippen LogP contribution in [0.1, 0.15) is 62.3 Å². The molecule has 0 saturated carbocycles. The Morgan fingerprint density at radius 1 is 0.950 bits per heavy atom. The fourth-order valence-corrected chi connectivity index (χ4v) is 5.15. The largest absolute Gasteiger partial charge is 0.507 e. The van der Waals surface area contributed by atoms with Crippen molar-refractivity contribution in [3.8, 4) is 11.5 Å². The van der Waals surface area contributed by atoms with Crippen molar-refractivity contribution in [3.05, 3.63) is 64.7 Å². The van der Waals surface area contributed by atoms with Gasteiger partial charge in [0.05, 0.1) is 38.0 Å². The highest BCUT2D eigenvalue weighted by molar-refractivity contribution is 6.46. The van der Waals surface area contributed by atoms with Crippen molar-refractivity contribution in [1.29, 1.82) is 0 Å². The van der Waals surface area contributed by atoms with Gasteiger partial charge in [-0.05, 0) is 67.6 Å². The maximum Gasteiger partial charge on any atom is 0.295 e. The van der Waals surface area contributed by atoms with Crippen LogP contribution in [0.15, 0.2) is 48.0 Å². The molecular weight excluding hydrogens is 508 g/mol. The van der Waals surface area contributed by atoms with Gasteiger partial charge in [-0.2, -0.15) is 0 Å². The van der Waals surface area contributed by atoms with Gasteiger partial charge in [-0.3, -0.25) is 14.5 Å². The van der Waals surface area contributed by atoms with Crippen LogP contribution in [0.2, 0.25) is 0 Å². The fraction of sp³-hybridized carbons (Fsp3) is 0.500. The van der Waals surface area contributed by atoms with Gasteiger partial charge < -0.3 is 24.2 Å². The van der Waals surface area contributed by atoms with Crippen LogP contribution in [-0.4, -0.2) is 79.2 Å². The molecule has 0 radical (unpaired) electrons. The third kappa shape index (κ3) is 7.04. The second-order valence-corrected chi connectivity index (χ2v) is 10.4. The smallest absolute Gasteiger partial charge is 0.295 e. The van der Waals surface area contributed by atoms with Crippen molar-refractivity contribution in [2.75, 3.05) is 52.6 Å². The molecule has 1 unspecified atom stereocenters. The van der Waals surface area contributed by atoms with Crippen LogP contribution in [0.5, 0.6) is 11.5 Å². The van der Waals surface area contributed by atoms with Crippen LogP contribution in [0.3, 0.4) is 0 Å². The van der Waals surface area contributed by atoms with E-state index in [9.17, 15) is 14.7 Å². The number of carbonyl (C=O) groups is 2. The summed E-state index contributed by atoms with van der Waals surface area (Å²) in [4.78, 5) is 30.7. The molecule has 40 heavy (non-hydrogen) atoms. The van der Waals surface area contributed by atoms with Crippen LogP contribution in [-0.2, 0) is 14.3 Å². The minimum absolute atomic E-state index is 0.109. The quantitative estimate of drug-likeness (QED) is 0.161. The van der Waals surface area contributed by atoms with Crippen molar-refractivity contribution < 1.29 is 28.9 Å². The summed E-state index contributed by atoms with van der Waals surface area (Å²) >= 11 is 0. The number of ether oxygens (including phenoxy) is 3. The minimum atomic E-state index is -0.689. The Balaban J connectivity index is 1.64.